The Morgan fingerprint density at radius 3 is 1.44 bits per heavy atom. The number of rotatable bonds is 10. The fourth-order valence-electron chi connectivity index (χ4n) is 2.03. The third-order valence-electron chi connectivity index (χ3n) is 3.35. The van der Waals surface area contributed by atoms with Crippen LogP contribution in [0.4, 0.5) is 0 Å². The lowest BCUT2D eigenvalue weighted by molar-refractivity contribution is 0.383. The van der Waals surface area contributed by atoms with Gasteiger partial charge in [-0.15, -0.1) is 0 Å². The second-order valence-corrected chi connectivity index (χ2v) is 5.61. The zero-order chi connectivity index (χ0) is 13.8. The van der Waals surface area contributed by atoms with E-state index >= 15 is 0 Å². The van der Waals surface area contributed by atoms with Gasteiger partial charge >= 0.3 is 0 Å². The van der Waals surface area contributed by atoms with Crippen molar-refractivity contribution in [3.63, 3.8) is 0 Å². The Labute approximate surface area is 120 Å². The Balaban J connectivity index is 3.68. The molecule has 0 N–H and O–H groups in total. The first-order chi connectivity index (χ1) is 8.63. The molecule has 0 spiro atoms. The van der Waals surface area contributed by atoms with Crippen LogP contribution >= 0.6 is 12.2 Å². The zero-order valence-corrected chi connectivity index (χ0v) is 13.7. The van der Waals surface area contributed by atoms with Crippen LogP contribution < -0.4 is 0 Å². The average molecular weight is 273 g/mol. The Morgan fingerprint density at radius 2 is 1.11 bits per heavy atom. The van der Waals surface area contributed by atoms with E-state index in [9.17, 15) is 0 Å². The molecular weight excluding hydrogens is 240 g/mol. The number of hydrogen-bond donors (Lipinski definition) is 0. The lowest BCUT2D eigenvalue weighted by Crippen LogP contribution is -2.39. The van der Waals surface area contributed by atoms with Gasteiger partial charge in [-0.25, -0.2) is 0 Å². The van der Waals surface area contributed by atoms with Crippen molar-refractivity contribution in [2.75, 3.05) is 27.2 Å². The van der Waals surface area contributed by atoms with Crippen LogP contribution in [-0.2, 0) is 0 Å². The van der Waals surface area contributed by atoms with Gasteiger partial charge in [0.1, 0.15) is 0 Å². The van der Waals surface area contributed by atoms with E-state index in [0.29, 0.717) is 0 Å². The molecule has 0 saturated carbocycles. The van der Waals surface area contributed by atoms with Crippen LogP contribution in [0.2, 0.25) is 0 Å². The smallest absolute Gasteiger partial charge is 0.171 e. The van der Waals surface area contributed by atoms with Crippen molar-refractivity contribution in [2.24, 2.45) is 0 Å². The van der Waals surface area contributed by atoms with Gasteiger partial charge in [-0.05, 0) is 25.1 Å². The summed E-state index contributed by atoms with van der Waals surface area (Å²) in [5, 5.41) is 1.00. The minimum Gasteiger partial charge on any atom is -0.352 e. The average Bonchev–Trinajstić information content (AvgIpc) is 2.38. The van der Waals surface area contributed by atoms with E-state index in [4.69, 9.17) is 12.2 Å². The summed E-state index contributed by atoms with van der Waals surface area (Å²) >= 11 is 5.51. The Bertz CT molecular complexity index is 187. The fourth-order valence-corrected chi connectivity index (χ4v) is 2.22. The molecule has 18 heavy (non-hydrogen) atoms. The number of thiocarbonyl (C=S) groups is 1. The molecule has 0 aliphatic carbocycles. The van der Waals surface area contributed by atoms with Gasteiger partial charge in [0.2, 0.25) is 0 Å². The highest BCUT2D eigenvalue weighted by molar-refractivity contribution is 7.80. The van der Waals surface area contributed by atoms with Crippen molar-refractivity contribution in [1.82, 2.24) is 9.80 Å². The molecule has 0 atom stereocenters. The van der Waals surface area contributed by atoms with Gasteiger partial charge < -0.3 is 9.80 Å². The van der Waals surface area contributed by atoms with Crippen LogP contribution in [0, 0.1) is 0 Å². The van der Waals surface area contributed by atoms with E-state index in [-0.39, 0.29) is 0 Å². The summed E-state index contributed by atoms with van der Waals surface area (Å²) in [6.45, 7) is 6.69. The molecule has 0 bridgehead atoms. The van der Waals surface area contributed by atoms with E-state index in [1.807, 2.05) is 0 Å². The Kier molecular flexibility index (Phi) is 11.6. The molecule has 0 aliphatic heterocycles. The fraction of sp³-hybridized carbons (Fsp3) is 0.933. The van der Waals surface area contributed by atoms with E-state index < -0.39 is 0 Å². The van der Waals surface area contributed by atoms with Crippen molar-refractivity contribution in [3.8, 4) is 0 Å². The zero-order valence-electron chi connectivity index (χ0n) is 12.9. The quantitative estimate of drug-likeness (QED) is 0.432. The van der Waals surface area contributed by atoms with Crippen molar-refractivity contribution in [3.05, 3.63) is 0 Å². The van der Waals surface area contributed by atoms with Gasteiger partial charge in [0.25, 0.3) is 0 Å². The van der Waals surface area contributed by atoms with Crippen molar-refractivity contribution in [1.29, 1.82) is 0 Å². The highest BCUT2D eigenvalue weighted by Crippen LogP contribution is 2.05. The minimum absolute atomic E-state index is 1.00. The number of unbranched alkanes of at least 4 members (excludes halogenated alkanes) is 6. The summed E-state index contributed by atoms with van der Waals surface area (Å²) < 4.78 is 0. The van der Waals surface area contributed by atoms with Crippen LogP contribution in [0.5, 0.6) is 0 Å². The molecule has 0 unspecified atom stereocenters. The summed E-state index contributed by atoms with van der Waals surface area (Å²) in [7, 11) is 4.24. The van der Waals surface area contributed by atoms with Crippen LogP contribution in [0.1, 0.15) is 65.2 Å². The molecule has 0 saturated heterocycles. The van der Waals surface area contributed by atoms with E-state index in [0.717, 1.165) is 18.2 Å². The Hall–Kier alpha value is -0.310. The lowest BCUT2D eigenvalue weighted by Gasteiger charge is -2.28. The third kappa shape index (κ3) is 8.73. The molecule has 0 amide bonds. The van der Waals surface area contributed by atoms with Gasteiger partial charge in [-0.3, -0.25) is 0 Å². The molecule has 0 rings (SSSR count). The molecule has 108 valence electrons. The van der Waals surface area contributed by atoms with E-state index in [1.54, 1.807) is 0 Å². The molecule has 0 heterocycles. The van der Waals surface area contributed by atoms with Gasteiger partial charge in [-0.1, -0.05) is 52.4 Å². The highest BCUT2D eigenvalue weighted by atomic mass is 32.1. The van der Waals surface area contributed by atoms with Crippen LogP contribution in [0.15, 0.2) is 0 Å². The first-order valence-electron chi connectivity index (χ1n) is 7.59. The molecule has 2 nitrogen and oxygen atoms in total. The molecule has 0 aromatic carbocycles. The normalized spacial score (nSPS) is 10.4. The van der Waals surface area contributed by atoms with E-state index in [1.165, 1.54) is 51.4 Å². The van der Waals surface area contributed by atoms with Crippen molar-refractivity contribution in [2.45, 2.75) is 65.2 Å². The first-order valence-corrected chi connectivity index (χ1v) is 8.00. The van der Waals surface area contributed by atoms with Crippen molar-refractivity contribution >= 4 is 17.3 Å². The second-order valence-electron chi connectivity index (χ2n) is 5.25. The predicted octanol–water partition coefficient (Wildman–Crippen LogP) is 4.30. The number of hydrogen-bond acceptors (Lipinski definition) is 1. The standard InChI is InChI=1S/C15H32N2S/c1-5-7-9-11-13-16(3)15(18)17(4)14-12-10-8-6-2/h5-14H2,1-4H3. The first kappa shape index (κ1) is 17.7. The van der Waals surface area contributed by atoms with E-state index in [2.05, 4.69) is 37.7 Å². The predicted molar refractivity (Wildman–Crippen MR) is 86.1 cm³/mol. The third-order valence-corrected chi connectivity index (χ3v) is 3.97. The molecule has 0 fully saturated rings. The van der Waals surface area contributed by atoms with Gasteiger partial charge in [0, 0.05) is 27.2 Å². The minimum atomic E-state index is 1.00. The van der Waals surface area contributed by atoms with Crippen LogP contribution in [-0.4, -0.2) is 42.1 Å². The molecule has 0 aliphatic rings. The molecule has 0 aromatic rings. The second kappa shape index (κ2) is 11.8. The van der Waals surface area contributed by atoms with Gasteiger partial charge in [0.15, 0.2) is 5.11 Å². The lowest BCUT2D eigenvalue weighted by atomic mass is 10.2. The largest absolute Gasteiger partial charge is 0.352 e. The summed E-state index contributed by atoms with van der Waals surface area (Å²) in [5.74, 6) is 0. The summed E-state index contributed by atoms with van der Waals surface area (Å²) in [4.78, 5) is 4.45. The maximum absolute atomic E-state index is 5.51. The van der Waals surface area contributed by atoms with Gasteiger partial charge in [0.05, 0.1) is 0 Å². The van der Waals surface area contributed by atoms with Crippen LogP contribution in [0.3, 0.4) is 0 Å². The topological polar surface area (TPSA) is 6.48 Å². The maximum atomic E-state index is 5.51. The van der Waals surface area contributed by atoms with Crippen LogP contribution in [0.25, 0.3) is 0 Å². The SMILES string of the molecule is CCCCCCN(C)C(=S)N(C)CCCCCC. The summed E-state index contributed by atoms with van der Waals surface area (Å²) in [6.07, 6.45) is 10.4. The Morgan fingerprint density at radius 1 is 0.722 bits per heavy atom. The molecule has 0 aromatic heterocycles. The maximum Gasteiger partial charge on any atom is 0.171 e. The highest BCUT2D eigenvalue weighted by Gasteiger charge is 2.08. The number of nitrogens with zero attached hydrogens (tertiary/aromatic N) is 2. The summed E-state index contributed by atoms with van der Waals surface area (Å²) in [6, 6.07) is 0. The molecule has 3 heteroatoms. The van der Waals surface area contributed by atoms with Crippen molar-refractivity contribution < 1.29 is 0 Å². The molecule has 0 radical (unpaired) electrons. The monoisotopic (exact) mass is 272 g/mol. The van der Waals surface area contributed by atoms with Gasteiger partial charge in [-0.2, -0.15) is 0 Å². The summed E-state index contributed by atoms with van der Waals surface area (Å²) in [5.41, 5.74) is 0. The molecular formula is C15H32N2S.